The van der Waals surface area contributed by atoms with Gasteiger partial charge in [0.1, 0.15) is 0 Å². The molecule has 0 radical (unpaired) electrons. The predicted octanol–water partition coefficient (Wildman–Crippen LogP) is 1.88. The highest BCUT2D eigenvalue weighted by atomic mass is 19.3. The fraction of sp³-hybridized carbons (Fsp3) is 0.750. The number of hydrogen-bond acceptors (Lipinski definition) is 3. The quantitative estimate of drug-likeness (QED) is 0.420. The first kappa shape index (κ1) is 12.9. The maximum atomic E-state index is 12.1. The fourth-order valence-corrected chi connectivity index (χ4v) is 0.354. The van der Waals surface area contributed by atoms with Crippen LogP contribution in [0, 0.1) is 0 Å². The van der Waals surface area contributed by atoms with Crippen molar-refractivity contribution in [3.05, 3.63) is 0 Å². The molecule has 10 heteroatoms. The summed E-state index contributed by atoms with van der Waals surface area (Å²) in [7, 11) is 0. The Hall–Kier alpha value is -1.06. The van der Waals surface area contributed by atoms with Crippen LogP contribution in [-0.2, 0) is 14.8 Å². The van der Waals surface area contributed by atoms with Crippen molar-refractivity contribution in [1.29, 1.82) is 0 Å². The summed E-state index contributed by atoms with van der Waals surface area (Å²) < 4.78 is 81.3. The molecule has 0 aromatic rings. The highest BCUT2D eigenvalue weighted by Gasteiger charge is 2.69. The third kappa shape index (κ3) is 2.05. The van der Waals surface area contributed by atoms with Crippen LogP contribution in [-0.4, -0.2) is 24.2 Å². The molecule has 0 N–H and O–H groups in total. The summed E-state index contributed by atoms with van der Waals surface area (Å²) >= 11 is 0. The first-order valence-corrected chi connectivity index (χ1v) is 2.71. The summed E-state index contributed by atoms with van der Waals surface area (Å²) in [4.78, 5) is 12.2. The molecule has 14 heavy (non-hydrogen) atoms. The summed E-state index contributed by atoms with van der Waals surface area (Å²) in [6.45, 7) is 0. The lowest BCUT2D eigenvalue weighted by atomic mass is 10.2. The summed E-state index contributed by atoms with van der Waals surface area (Å²) in [5, 5.41) is 1.86. The summed E-state index contributed by atoms with van der Waals surface area (Å²) in [6, 6.07) is 0. The Morgan fingerprint density at radius 3 is 1.86 bits per heavy atom. The Kier molecular flexibility index (Phi) is 3.68. The Balaban J connectivity index is 4.84. The van der Waals surface area contributed by atoms with Gasteiger partial charge < -0.3 is 0 Å². The Morgan fingerprint density at radius 1 is 1.14 bits per heavy atom. The van der Waals surface area contributed by atoms with E-state index in [0.29, 0.717) is 0 Å². The fourth-order valence-electron chi connectivity index (χ4n) is 0.354. The molecule has 0 aliphatic heterocycles. The average molecular weight is 230 g/mol. The van der Waals surface area contributed by atoms with Crippen molar-refractivity contribution in [1.82, 2.24) is 0 Å². The van der Waals surface area contributed by atoms with Gasteiger partial charge in [-0.3, -0.25) is 4.89 Å². The van der Waals surface area contributed by atoms with Gasteiger partial charge in [-0.05, 0) is 4.53 Å². The molecule has 0 bridgehead atoms. The van der Waals surface area contributed by atoms with E-state index in [-0.39, 0.29) is 0 Å². The SMILES string of the molecule is O=C(OOF)C(F)(F)C(F)(F)C(F)F. The molecule has 0 aromatic heterocycles. The normalized spacial score (nSPS) is 13.1. The van der Waals surface area contributed by atoms with E-state index in [1.54, 1.807) is 0 Å². The van der Waals surface area contributed by atoms with Gasteiger partial charge in [-0.1, -0.05) is 0 Å². The second kappa shape index (κ2) is 3.98. The van der Waals surface area contributed by atoms with E-state index < -0.39 is 24.2 Å². The van der Waals surface area contributed by atoms with Gasteiger partial charge in [0.15, 0.2) is 0 Å². The van der Waals surface area contributed by atoms with Crippen molar-refractivity contribution < 1.29 is 45.6 Å². The van der Waals surface area contributed by atoms with Crippen LogP contribution < -0.4 is 0 Å². The lowest BCUT2D eigenvalue weighted by Gasteiger charge is -2.22. The maximum absolute atomic E-state index is 12.1. The molecule has 0 aliphatic rings. The van der Waals surface area contributed by atoms with Crippen LogP contribution in [0.3, 0.4) is 0 Å². The van der Waals surface area contributed by atoms with E-state index in [1.165, 1.54) is 0 Å². The van der Waals surface area contributed by atoms with Crippen LogP contribution in [0.5, 0.6) is 0 Å². The first-order valence-electron chi connectivity index (χ1n) is 2.71. The van der Waals surface area contributed by atoms with Crippen LogP contribution in [0.4, 0.5) is 30.9 Å². The highest BCUT2D eigenvalue weighted by molar-refractivity contribution is 5.78. The van der Waals surface area contributed by atoms with E-state index in [1.807, 2.05) is 5.09 Å². The maximum Gasteiger partial charge on any atom is 0.421 e. The number of alkyl halides is 6. The van der Waals surface area contributed by atoms with Crippen molar-refractivity contribution in [2.75, 3.05) is 0 Å². The van der Waals surface area contributed by atoms with Crippen LogP contribution in [0.25, 0.3) is 0 Å². The first-order chi connectivity index (χ1) is 6.17. The van der Waals surface area contributed by atoms with Crippen molar-refractivity contribution >= 4 is 5.97 Å². The van der Waals surface area contributed by atoms with Crippen LogP contribution in [0.15, 0.2) is 0 Å². The molecular formula is C4HF7O3. The minimum Gasteiger partial charge on any atom is -0.258 e. The largest absolute Gasteiger partial charge is 0.421 e. The summed E-state index contributed by atoms with van der Waals surface area (Å²) in [6.07, 6.45) is -4.82. The minimum absolute atomic E-state index is 1.86. The van der Waals surface area contributed by atoms with Gasteiger partial charge in [0, 0.05) is 5.09 Å². The Labute approximate surface area is 71.2 Å². The molecule has 0 atom stereocenters. The molecule has 0 saturated carbocycles. The number of hydrogen-bond donors (Lipinski definition) is 0. The number of carbonyl (C=O) groups excluding carboxylic acids is 1. The van der Waals surface area contributed by atoms with E-state index in [4.69, 9.17) is 0 Å². The molecule has 0 unspecified atom stereocenters. The van der Waals surface area contributed by atoms with Crippen LogP contribution in [0.1, 0.15) is 0 Å². The molecule has 0 rings (SSSR count). The Bertz CT molecular complexity index is 215. The molecule has 0 heterocycles. The highest BCUT2D eigenvalue weighted by Crippen LogP contribution is 2.39. The van der Waals surface area contributed by atoms with Crippen molar-refractivity contribution in [2.24, 2.45) is 0 Å². The average Bonchev–Trinajstić information content (AvgIpc) is 2.04. The second-order valence-corrected chi connectivity index (χ2v) is 1.93. The third-order valence-electron chi connectivity index (χ3n) is 1.06. The lowest BCUT2D eigenvalue weighted by Crippen LogP contribution is -2.52. The molecule has 0 saturated heterocycles. The third-order valence-corrected chi connectivity index (χ3v) is 1.06. The van der Waals surface area contributed by atoms with Crippen molar-refractivity contribution in [2.45, 2.75) is 18.3 Å². The molecule has 0 aromatic carbocycles. The van der Waals surface area contributed by atoms with Crippen molar-refractivity contribution in [3.8, 4) is 0 Å². The smallest absolute Gasteiger partial charge is 0.258 e. The number of halogens is 7. The molecule has 0 fully saturated rings. The standard InChI is InChI=1S/C4HF7O3/c5-1(6)3(7,8)4(9,10)2(12)13-14-11/h1H. The predicted molar refractivity (Wildman–Crippen MR) is 24.2 cm³/mol. The van der Waals surface area contributed by atoms with Gasteiger partial charge >= 0.3 is 24.2 Å². The monoisotopic (exact) mass is 230 g/mol. The molecule has 84 valence electrons. The summed E-state index contributed by atoms with van der Waals surface area (Å²) in [5.74, 6) is -15.1. The topological polar surface area (TPSA) is 35.5 Å². The van der Waals surface area contributed by atoms with Crippen molar-refractivity contribution in [3.63, 3.8) is 0 Å². The van der Waals surface area contributed by atoms with Gasteiger partial charge in [-0.15, -0.1) is 0 Å². The molecule has 0 amide bonds. The molecule has 0 aliphatic carbocycles. The van der Waals surface area contributed by atoms with Crippen LogP contribution in [0.2, 0.25) is 0 Å². The zero-order chi connectivity index (χ0) is 11.6. The van der Waals surface area contributed by atoms with Gasteiger partial charge in [-0.2, -0.15) is 17.6 Å². The summed E-state index contributed by atoms with van der Waals surface area (Å²) in [5.41, 5.74) is 0. The second-order valence-electron chi connectivity index (χ2n) is 1.93. The molecule has 3 nitrogen and oxygen atoms in total. The minimum atomic E-state index is -5.97. The van der Waals surface area contributed by atoms with E-state index in [2.05, 4.69) is 4.89 Å². The van der Waals surface area contributed by atoms with E-state index >= 15 is 0 Å². The van der Waals surface area contributed by atoms with Gasteiger partial charge in [0.2, 0.25) is 0 Å². The molecule has 0 spiro atoms. The van der Waals surface area contributed by atoms with Gasteiger partial charge in [0.25, 0.3) is 0 Å². The number of carbonyl (C=O) groups is 1. The van der Waals surface area contributed by atoms with Gasteiger partial charge in [-0.25, -0.2) is 13.6 Å². The zero-order valence-electron chi connectivity index (χ0n) is 5.95. The lowest BCUT2D eigenvalue weighted by molar-refractivity contribution is -0.412. The van der Waals surface area contributed by atoms with Gasteiger partial charge in [0.05, 0.1) is 0 Å². The zero-order valence-corrected chi connectivity index (χ0v) is 5.95. The number of rotatable bonds is 4. The van der Waals surface area contributed by atoms with E-state index in [0.717, 1.165) is 0 Å². The molecular weight excluding hydrogens is 229 g/mol. The van der Waals surface area contributed by atoms with E-state index in [9.17, 15) is 35.7 Å². The van der Waals surface area contributed by atoms with Crippen LogP contribution >= 0.6 is 0 Å². The Morgan fingerprint density at radius 2 is 1.57 bits per heavy atom.